The first-order valence-corrected chi connectivity index (χ1v) is 11.1. The second kappa shape index (κ2) is 8.24. The quantitative estimate of drug-likeness (QED) is 0.506. The summed E-state index contributed by atoms with van der Waals surface area (Å²) in [4.78, 5) is 32.0. The third kappa shape index (κ3) is 4.09. The van der Waals surface area contributed by atoms with E-state index < -0.39 is 0 Å². The number of benzene rings is 1. The topological polar surface area (TPSA) is 55.7 Å². The van der Waals surface area contributed by atoms with Gasteiger partial charge in [0.05, 0.1) is 18.1 Å². The Labute approximate surface area is 171 Å². The van der Waals surface area contributed by atoms with Crippen LogP contribution in [0.25, 0.3) is 0 Å². The van der Waals surface area contributed by atoms with E-state index in [-0.39, 0.29) is 29.0 Å². The predicted octanol–water partition coefficient (Wildman–Crippen LogP) is 5.18. The molecule has 0 unspecified atom stereocenters. The SMILES string of the molecule is CCCOC(=O)C1=C(C)N=C2CC(C)(C)CC(=O)[C@@H]2[C@@H]1c1ccc(SC)cc1. The molecule has 5 heteroatoms. The minimum absolute atomic E-state index is 0.0970. The van der Waals surface area contributed by atoms with Gasteiger partial charge in [0.25, 0.3) is 0 Å². The molecule has 3 rings (SSSR count). The number of thioether (sulfide) groups is 1. The number of Topliss-reactive ketones (excluding diaryl/α,β-unsaturated/α-hetero) is 1. The number of aliphatic imine (C=N–C) groups is 1. The molecule has 150 valence electrons. The summed E-state index contributed by atoms with van der Waals surface area (Å²) in [5.74, 6) is -0.877. The molecule has 2 aliphatic rings. The average Bonchev–Trinajstić information content (AvgIpc) is 2.64. The Morgan fingerprint density at radius 1 is 1.21 bits per heavy atom. The second-order valence-corrected chi connectivity index (χ2v) is 9.33. The lowest BCUT2D eigenvalue weighted by Gasteiger charge is -2.41. The van der Waals surface area contributed by atoms with Crippen LogP contribution in [-0.4, -0.2) is 30.3 Å². The van der Waals surface area contributed by atoms with E-state index in [2.05, 4.69) is 13.8 Å². The summed E-state index contributed by atoms with van der Waals surface area (Å²) < 4.78 is 5.47. The molecule has 0 bridgehead atoms. The Morgan fingerprint density at radius 3 is 2.50 bits per heavy atom. The van der Waals surface area contributed by atoms with E-state index in [1.165, 1.54) is 0 Å². The van der Waals surface area contributed by atoms with Crippen LogP contribution in [0.5, 0.6) is 0 Å². The van der Waals surface area contributed by atoms with Gasteiger partial charge in [0.1, 0.15) is 5.78 Å². The zero-order valence-electron chi connectivity index (χ0n) is 17.4. The van der Waals surface area contributed by atoms with Gasteiger partial charge in [-0.05, 0) is 49.1 Å². The molecule has 1 aliphatic heterocycles. The highest BCUT2D eigenvalue weighted by molar-refractivity contribution is 7.98. The lowest BCUT2D eigenvalue weighted by Crippen LogP contribution is -2.44. The molecular formula is C23H29NO3S. The number of hydrogen-bond acceptors (Lipinski definition) is 5. The first kappa shape index (κ1) is 20.8. The van der Waals surface area contributed by atoms with Crippen LogP contribution < -0.4 is 0 Å². The number of fused-ring (bicyclic) bond motifs is 1. The van der Waals surface area contributed by atoms with Crippen molar-refractivity contribution in [2.45, 2.75) is 57.8 Å². The third-order valence-corrected chi connectivity index (χ3v) is 6.24. The smallest absolute Gasteiger partial charge is 0.336 e. The zero-order chi connectivity index (χ0) is 20.5. The maximum Gasteiger partial charge on any atom is 0.336 e. The minimum Gasteiger partial charge on any atom is -0.462 e. The summed E-state index contributed by atoms with van der Waals surface area (Å²) in [6.07, 6.45) is 4.07. The van der Waals surface area contributed by atoms with Gasteiger partial charge in [-0.15, -0.1) is 11.8 Å². The molecule has 0 radical (unpaired) electrons. The van der Waals surface area contributed by atoms with Crippen molar-refractivity contribution in [2.75, 3.05) is 12.9 Å². The van der Waals surface area contributed by atoms with Gasteiger partial charge in [0, 0.05) is 28.6 Å². The molecule has 0 aromatic heterocycles. The normalized spacial score (nSPS) is 23.9. The number of ketones is 1. The van der Waals surface area contributed by atoms with E-state index >= 15 is 0 Å². The van der Waals surface area contributed by atoms with Crippen molar-refractivity contribution < 1.29 is 14.3 Å². The van der Waals surface area contributed by atoms with Crippen molar-refractivity contribution in [3.05, 3.63) is 41.1 Å². The summed E-state index contributed by atoms with van der Waals surface area (Å²) in [5, 5.41) is 0. The second-order valence-electron chi connectivity index (χ2n) is 8.45. The Morgan fingerprint density at radius 2 is 1.89 bits per heavy atom. The number of hydrogen-bond donors (Lipinski definition) is 0. The highest BCUT2D eigenvalue weighted by Gasteiger charge is 2.47. The molecular weight excluding hydrogens is 370 g/mol. The fourth-order valence-corrected chi connectivity index (χ4v) is 4.71. The van der Waals surface area contributed by atoms with E-state index in [1.807, 2.05) is 44.4 Å². The Hall–Kier alpha value is -1.88. The maximum absolute atomic E-state index is 13.2. The Balaban J connectivity index is 2.11. The van der Waals surface area contributed by atoms with Gasteiger partial charge in [-0.25, -0.2) is 4.79 Å². The lowest BCUT2D eigenvalue weighted by molar-refractivity contribution is -0.139. The van der Waals surface area contributed by atoms with Crippen LogP contribution in [0.1, 0.15) is 58.4 Å². The van der Waals surface area contributed by atoms with E-state index in [4.69, 9.17) is 9.73 Å². The molecule has 1 saturated carbocycles. The molecule has 2 atom stereocenters. The molecule has 0 spiro atoms. The molecule has 1 aromatic rings. The summed E-state index contributed by atoms with van der Waals surface area (Å²) in [6, 6.07) is 8.17. The number of nitrogens with zero attached hydrogens (tertiary/aromatic N) is 1. The molecule has 1 heterocycles. The maximum atomic E-state index is 13.2. The van der Waals surface area contributed by atoms with Crippen molar-refractivity contribution in [2.24, 2.45) is 16.3 Å². The molecule has 4 nitrogen and oxygen atoms in total. The van der Waals surface area contributed by atoms with Crippen LogP contribution >= 0.6 is 11.8 Å². The zero-order valence-corrected chi connectivity index (χ0v) is 18.2. The van der Waals surface area contributed by atoms with E-state index in [0.29, 0.717) is 24.3 Å². The Bertz CT molecular complexity index is 836. The fraction of sp³-hybridized carbons (Fsp3) is 0.522. The van der Waals surface area contributed by atoms with E-state index in [1.54, 1.807) is 11.8 Å². The summed E-state index contributed by atoms with van der Waals surface area (Å²) >= 11 is 1.67. The average molecular weight is 400 g/mol. The summed E-state index contributed by atoms with van der Waals surface area (Å²) in [7, 11) is 0. The van der Waals surface area contributed by atoms with Crippen LogP contribution in [0.4, 0.5) is 0 Å². The predicted molar refractivity (Wildman–Crippen MR) is 114 cm³/mol. The van der Waals surface area contributed by atoms with Crippen molar-refractivity contribution in [1.29, 1.82) is 0 Å². The van der Waals surface area contributed by atoms with E-state index in [9.17, 15) is 9.59 Å². The number of rotatable bonds is 5. The van der Waals surface area contributed by atoms with Crippen LogP contribution in [0.3, 0.4) is 0 Å². The van der Waals surface area contributed by atoms with Crippen LogP contribution in [0.2, 0.25) is 0 Å². The van der Waals surface area contributed by atoms with Gasteiger partial charge < -0.3 is 4.74 Å². The van der Waals surface area contributed by atoms with Crippen molar-refractivity contribution in [1.82, 2.24) is 0 Å². The first-order chi connectivity index (χ1) is 13.3. The van der Waals surface area contributed by atoms with Gasteiger partial charge in [0.2, 0.25) is 0 Å². The molecule has 0 N–H and O–H groups in total. The molecule has 1 aromatic carbocycles. The number of ether oxygens (including phenoxy) is 1. The van der Waals surface area contributed by atoms with Crippen molar-refractivity contribution in [3.8, 4) is 0 Å². The van der Waals surface area contributed by atoms with Gasteiger partial charge in [-0.3, -0.25) is 9.79 Å². The van der Waals surface area contributed by atoms with Gasteiger partial charge in [-0.1, -0.05) is 32.9 Å². The number of carbonyl (C=O) groups excluding carboxylic acids is 2. The highest BCUT2D eigenvalue weighted by Crippen LogP contribution is 2.47. The van der Waals surface area contributed by atoms with Crippen molar-refractivity contribution in [3.63, 3.8) is 0 Å². The molecule has 1 fully saturated rings. The number of esters is 1. The van der Waals surface area contributed by atoms with Crippen LogP contribution in [0.15, 0.2) is 45.4 Å². The molecule has 0 amide bonds. The molecule has 0 saturated heterocycles. The standard InChI is InChI=1S/C23H29NO3S/c1-6-11-27-22(26)19-14(2)24-17-12-23(3,4)13-18(25)21(17)20(19)15-7-9-16(28-5)10-8-15/h7-10,20-21H,6,11-13H2,1-5H3/t20-,21-/m1/s1. The van der Waals surface area contributed by atoms with Gasteiger partial charge in [0.15, 0.2) is 0 Å². The van der Waals surface area contributed by atoms with E-state index in [0.717, 1.165) is 29.0 Å². The fourth-order valence-electron chi connectivity index (χ4n) is 4.30. The number of carbonyl (C=O) groups is 2. The largest absolute Gasteiger partial charge is 0.462 e. The first-order valence-electron chi connectivity index (χ1n) is 9.89. The molecule has 1 aliphatic carbocycles. The third-order valence-electron chi connectivity index (χ3n) is 5.50. The Kier molecular flexibility index (Phi) is 6.13. The van der Waals surface area contributed by atoms with Gasteiger partial charge in [-0.2, -0.15) is 0 Å². The van der Waals surface area contributed by atoms with Crippen LogP contribution in [0, 0.1) is 11.3 Å². The number of allylic oxidation sites excluding steroid dienone is 1. The minimum atomic E-state index is -0.374. The monoisotopic (exact) mass is 399 g/mol. The highest BCUT2D eigenvalue weighted by atomic mass is 32.2. The molecule has 28 heavy (non-hydrogen) atoms. The van der Waals surface area contributed by atoms with Crippen molar-refractivity contribution >= 4 is 29.2 Å². The lowest BCUT2D eigenvalue weighted by atomic mass is 9.63. The summed E-state index contributed by atoms with van der Waals surface area (Å²) in [6.45, 7) is 8.42. The van der Waals surface area contributed by atoms with Crippen LogP contribution in [-0.2, 0) is 14.3 Å². The van der Waals surface area contributed by atoms with Gasteiger partial charge >= 0.3 is 5.97 Å². The summed E-state index contributed by atoms with van der Waals surface area (Å²) in [5.41, 5.74) is 3.00.